The Morgan fingerprint density at radius 2 is 1.86 bits per heavy atom. The van der Waals surface area contributed by atoms with E-state index in [-0.39, 0.29) is 12.3 Å². The van der Waals surface area contributed by atoms with Gasteiger partial charge < -0.3 is 10.4 Å². The first-order chi connectivity index (χ1) is 10.6. The lowest BCUT2D eigenvalue weighted by Crippen LogP contribution is -2.22. The SMILES string of the molecule is O=C(O)CCCCC(=O)NCc1ccc(-n2cccn2)cc1. The van der Waals surface area contributed by atoms with Gasteiger partial charge in [0.25, 0.3) is 0 Å². The van der Waals surface area contributed by atoms with E-state index >= 15 is 0 Å². The van der Waals surface area contributed by atoms with Crippen molar-refractivity contribution < 1.29 is 14.7 Å². The molecule has 2 aromatic rings. The number of nitrogens with zero attached hydrogens (tertiary/aromatic N) is 2. The fourth-order valence-corrected chi connectivity index (χ4v) is 2.04. The van der Waals surface area contributed by atoms with Crippen molar-refractivity contribution in [3.63, 3.8) is 0 Å². The van der Waals surface area contributed by atoms with Gasteiger partial charge in [0.2, 0.25) is 5.91 Å². The summed E-state index contributed by atoms with van der Waals surface area (Å²) in [6.07, 6.45) is 5.19. The summed E-state index contributed by atoms with van der Waals surface area (Å²) in [5.41, 5.74) is 1.98. The summed E-state index contributed by atoms with van der Waals surface area (Å²) in [5, 5.41) is 15.5. The van der Waals surface area contributed by atoms with E-state index in [4.69, 9.17) is 5.11 Å². The van der Waals surface area contributed by atoms with Crippen molar-refractivity contribution >= 4 is 11.9 Å². The third-order valence-electron chi connectivity index (χ3n) is 3.24. The largest absolute Gasteiger partial charge is 0.481 e. The smallest absolute Gasteiger partial charge is 0.303 e. The normalized spacial score (nSPS) is 10.4. The highest BCUT2D eigenvalue weighted by atomic mass is 16.4. The van der Waals surface area contributed by atoms with E-state index in [9.17, 15) is 9.59 Å². The van der Waals surface area contributed by atoms with Gasteiger partial charge in [-0.1, -0.05) is 12.1 Å². The fraction of sp³-hybridized carbons (Fsp3) is 0.312. The number of hydrogen-bond acceptors (Lipinski definition) is 3. The van der Waals surface area contributed by atoms with Crippen molar-refractivity contribution in [1.82, 2.24) is 15.1 Å². The van der Waals surface area contributed by atoms with Crippen LogP contribution in [0.4, 0.5) is 0 Å². The molecule has 0 saturated carbocycles. The molecule has 0 spiro atoms. The summed E-state index contributed by atoms with van der Waals surface area (Å²) in [6.45, 7) is 0.469. The number of amides is 1. The van der Waals surface area contributed by atoms with Crippen LogP contribution in [0.15, 0.2) is 42.7 Å². The van der Waals surface area contributed by atoms with Crippen LogP contribution in [0.25, 0.3) is 5.69 Å². The zero-order valence-electron chi connectivity index (χ0n) is 12.2. The first kappa shape index (κ1) is 15.8. The zero-order valence-corrected chi connectivity index (χ0v) is 12.2. The minimum absolute atomic E-state index is 0.0541. The minimum Gasteiger partial charge on any atom is -0.481 e. The molecule has 1 aromatic heterocycles. The Hall–Kier alpha value is -2.63. The topological polar surface area (TPSA) is 84.2 Å². The van der Waals surface area contributed by atoms with Crippen molar-refractivity contribution in [2.75, 3.05) is 0 Å². The van der Waals surface area contributed by atoms with Crippen molar-refractivity contribution in [3.8, 4) is 5.69 Å². The quantitative estimate of drug-likeness (QED) is 0.732. The standard InChI is InChI=1S/C16H19N3O3/c20-15(4-1-2-5-16(21)22)17-12-13-6-8-14(9-7-13)19-11-3-10-18-19/h3,6-11H,1-2,4-5,12H2,(H,17,20)(H,21,22). The second-order valence-electron chi connectivity index (χ2n) is 4.99. The summed E-state index contributed by atoms with van der Waals surface area (Å²) in [7, 11) is 0. The number of carboxylic acids is 1. The summed E-state index contributed by atoms with van der Waals surface area (Å²) < 4.78 is 1.77. The molecular weight excluding hydrogens is 282 g/mol. The van der Waals surface area contributed by atoms with Crippen molar-refractivity contribution in [2.45, 2.75) is 32.2 Å². The number of hydrogen-bond donors (Lipinski definition) is 2. The van der Waals surface area contributed by atoms with Gasteiger partial charge in [-0.2, -0.15) is 5.10 Å². The molecular formula is C16H19N3O3. The Labute approximate surface area is 128 Å². The van der Waals surface area contributed by atoms with Crippen LogP contribution in [0.2, 0.25) is 0 Å². The van der Waals surface area contributed by atoms with E-state index in [1.165, 1.54) is 0 Å². The van der Waals surface area contributed by atoms with Crippen LogP contribution in [-0.2, 0) is 16.1 Å². The molecule has 6 heteroatoms. The van der Waals surface area contributed by atoms with Crippen LogP contribution >= 0.6 is 0 Å². The van der Waals surface area contributed by atoms with Crippen LogP contribution in [0, 0.1) is 0 Å². The number of aromatic nitrogens is 2. The van der Waals surface area contributed by atoms with Gasteiger partial charge in [-0.05, 0) is 36.6 Å². The molecule has 0 aliphatic heterocycles. The van der Waals surface area contributed by atoms with E-state index in [2.05, 4.69) is 10.4 Å². The first-order valence-electron chi connectivity index (χ1n) is 7.22. The van der Waals surface area contributed by atoms with E-state index < -0.39 is 5.97 Å². The predicted octanol–water partition coefficient (Wildman–Crippen LogP) is 2.13. The van der Waals surface area contributed by atoms with Gasteiger partial charge in [-0.25, -0.2) is 4.68 Å². The summed E-state index contributed by atoms with van der Waals surface area (Å²) in [5.74, 6) is -0.876. The minimum atomic E-state index is -0.822. The number of aliphatic carboxylic acids is 1. The van der Waals surface area contributed by atoms with Gasteiger partial charge in [-0.15, -0.1) is 0 Å². The number of unbranched alkanes of at least 4 members (excludes halogenated alkanes) is 1. The molecule has 2 N–H and O–H groups in total. The molecule has 0 saturated heterocycles. The molecule has 116 valence electrons. The Bertz CT molecular complexity index is 606. The van der Waals surface area contributed by atoms with Crippen molar-refractivity contribution in [2.24, 2.45) is 0 Å². The third-order valence-corrected chi connectivity index (χ3v) is 3.24. The van der Waals surface area contributed by atoms with Crippen molar-refractivity contribution in [1.29, 1.82) is 0 Å². The number of benzene rings is 1. The van der Waals surface area contributed by atoms with Crippen LogP contribution < -0.4 is 5.32 Å². The molecule has 1 heterocycles. The first-order valence-corrected chi connectivity index (χ1v) is 7.22. The Morgan fingerprint density at radius 1 is 1.14 bits per heavy atom. The Morgan fingerprint density at radius 3 is 2.50 bits per heavy atom. The monoisotopic (exact) mass is 301 g/mol. The predicted molar refractivity (Wildman–Crippen MR) is 81.5 cm³/mol. The summed E-state index contributed by atoms with van der Waals surface area (Å²) in [6, 6.07) is 9.64. The maximum atomic E-state index is 11.6. The van der Waals surface area contributed by atoms with Crippen LogP contribution in [0.5, 0.6) is 0 Å². The molecule has 0 bridgehead atoms. The highest BCUT2D eigenvalue weighted by Crippen LogP contribution is 2.08. The zero-order chi connectivity index (χ0) is 15.8. The Balaban J connectivity index is 1.72. The van der Waals surface area contributed by atoms with Crippen LogP contribution in [0.3, 0.4) is 0 Å². The van der Waals surface area contributed by atoms with Crippen molar-refractivity contribution in [3.05, 3.63) is 48.3 Å². The van der Waals surface area contributed by atoms with Crippen LogP contribution in [0.1, 0.15) is 31.2 Å². The molecule has 22 heavy (non-hydrogen) atoms. The van der Waals surface area contributed by atoms with Gasteiger partial charge in [0.15, 0.2) is 0 Å². The molecule has 0 radical (unpaired) electrons. The molecule has 1 aromatic carbocycles. The number of nitrogens with one attached hydrogen (secondary N) is 1. The molecule has 0 fully saturated rings. The molecule has 0 aliphatic carbocycles. The van der Waals surface area contributed by atoms with E-state index in [0.29, 0.717) is 25.8 Å². The highest BCUT2D eigenvalue weighted by molar-refractivity contribution is 5.75. The molecule has 0 unspecified atom stereocenters. The average Bonchev–Trinajstić information content (AvgIpc) is 3.04. The number of carbonyl (C=O) groups excluding carboxylic acids is 1. The second kappa shape index (κ2) is 7.97. The van der Waals surface area contributed by atoms with E-state index in [1.54, 1.807) is 10.9 Å². The second-order valence-corrected chi connectivity index (χ2v) is 4.99. The summed E-state index contributed by atoms with van der Waals surface area (Å²) in [4.78, 5) is 22.0. The van der Waals surface area contributed by atoms with Gasteiger partial charge in [-0.3, -0.25) is 9.59 Å². The van der Waals surface area contributed by atoms with Gasteiger partial charge in [0.1, 0.15) is 0 Å². The molecule has 6 nitrogen and oxygen atoms in total. The summed E-state index contributed by atoms with van der Waals surface area (Å²) >= 11 is 0. The highest BCUT2D eigenvalue weighted by Gasteiger charge is 2.03. The van der Waals surface area contributed by atoms with E-state index in [0.717, 1.165) is 11.3 Å². The van der Waals surface area contributed by atoms with Gasteiger partial charge in [0, 0.05) is 31.8 Å². The lowest BCUT2D eigenvalue weighted by atomic mass is 10.1. The number of carbonyl (C=O) groups is 2. The number of carboxylic acid groups (broad SMARTS) is 1. The molecule has 2 rings (SSSR count). The average molecular weight is 301 g/mol. The van der Waals surface area contributed by atoms with Gasteiger partial charge in [0.05, 0.1) is 5.69 Å². The maximum absolute atomic E-state index is 11.6. The number of rotatable bonds is 8. The third kappa shape index (κ3) is 5.05. The fourth-order valence-electron chi connectivity index (χ4n) is 2.04. The van der Waals surface area contributed by atoms with Crippen LogP contribution in [-0.4, -0.2) is 26.8 Å². The van der Waals surface area contributed by atoms with E-state index in [1.807, 2.05) is 36.5 Å². The lowest BCUT2D eigenvalue weighted by molar-refractivity contribution is -0.137. The molecule has 0 atom stereocenters. The van der Waals surface area contributed by atoms with Gasteiger partial charge >= 0.3 is 5.97 Å². The molecule has 0 aliphatic rings. The Kier molecular flexibility index (Phi) is 5.71. The maximum Gasteiger partial charge on any atom is 0.303 e. The molecule has 1 amide bonds. The lowest BCUT2D eigenvalue weighted by Gasteiger charge is -2.06.